The van der Waals surface area contributed by atoms with Gasteiger partial charge in [0.05, 0.1) is 18.2 Å². The van der Waals surface area contributed by atoms with E-state index in [4.69, 9.17) is 9.47 Å². The number of amides is 1. The Balaban J connectivity index is 1.97. The molecule has 0 radical (unpaired) electrons. The SMILES string of the molecule is CO[C@H]1CCC2c3ccccc3[C@H]1N2C(=O)OC(C)(C)C. The van der Waals surface area contributed by atoms with E-state index >= 15 is 0 Å². The minimum absolute atomic E-state index is 0.0280. The van der Waals surface area contributed by atoms with E-state index in [1.807, 2.05) is 37.8 Å². The van der Waals surface area contributed by atoms with Crippen molar-refractivity contribution in [2.24, 2.45) is 0 Å². The van der Waals surface area contributed by atoms with Crippen LogP contribution < -0.4 is 0 Å². The molecule has 2 aliphatic rings. The molecule has 0 saturated carbocycles. The van der Waals surface area contributed by atoms with Crippen molar-refractivity contribution in [3.8, 4) is 0 Å². The van der Waals surface area contributed by atoms with Crippen molar-refractivity contribution < 1.29 is 14.3 Å². The molecule has 0 spiro atoms. The second-order valence-corrected chi connectivity index (χ2v) is 6.83. The minimum Gasteiger partial charge on any atom is -0.444 e. The molecule has 2 heterocycles. The number of carbonyl (C=O) groups excluding carboxylic acids is 1. The molecule has 4 nitrogen and oxygen atoms in total. The van der Waals surface area contributed by atoms with Crippen molar-refractivity contribution in [2.45, 2.75) is 57.4 Å². The lowest BCUT2D eigenvalue weighted by Gasteiger charge is -2.40. The first-order valence-corrected chi connectivity index (χ1v) is 7.55. The van der Waals surface area contributed by atoms with Gasteiger partial charge in [0.1, 0.15) is 5.60 Å². The standard InChI is InChI=1S/C17H23NO3/c1-17(2,3)21-16(19)18-13-9-10-14(20-4)15(18)12-8-6-5-7-11(12)13/h5-8,13-15H,9-10H2,1-4H3/t13?,14-,15+/m0/s1. The summed E-state index contributed by atoms with van der Waals surface area (Å²) in [5.41, 5.74) is 1.97. The van der Waals surface area contributed by atoms with Crippen molar-refractivity contribution in [3.05, 3.63) is 35.4 Å². The summed E-state index contributed by atoms with van der Waals surface area (Å²) in [5.74, 6) is 0. The van der Waals surface area contributed by atoms with Gasteiger partial charge < -0.3 is 9.47 Å². The Morgan fingerprint density at radius 2 is 1.86 bits per heavy atom. The van der Waals surface area contributed by atoms with Crippen LogP contribution in [-0.4, -0.2) is 29.8 Å². The molecule has 1 fully saturated rings. The van der Waals surface area contributed by atoms with Gasteiger partial charge in [-0.15, -0.1) is 0 Å². The summed E-state index contributed by atoms with van der Waals surface area (Å²) in [6.45, 7) is 5.70. The van der Waals surface area contributed by atoms with Crippen molar-refractivity contribution in [1.82, 2.24) is 4.90 Å². The van der Waals surface area contributed by atoms with Gasteiger partial charge in [-0.1, -0.05) is 24.3 Å². The summed E-state index contributed by atoms with van der Waals surface area (Å²) < 4.78 is 11.3. The summed E-state index contributed by atoms with van der Waals surface area (Å²) in [5, 5.41) is 0. The van der Waals surface area contributed by atoms with Crippen molar-refractivity contribution in [2.75, 3.05) is 7.11 Å². The van der Waals surface area contributed by atoms with Gasteiger partial charge in [0.2, 0.25) is 0 Å². The van der Waals surface area contributed by atoms with E-state index in [0.29, 0.717) is 0 Å². The van der Waals surface area contributed by atoms with E-state index in [-0.39, 0.29) is 24.3 Å². The number of hydrogen-bond acceptors (Lipinski definition) is 3. The largest absolute Gasteiger partial charge is 0.444 e. The first kappa shape index (κ1) is 14.4. The molecular weight excluding hydrogens is 266 g/mol. The molecule has 3 atom stereocenters. The third-order valence-corrected chi connectivity index (χ3v) is 4.29. The Hall–Kier alpha value is -1.55. The highest BCUT2D eigenvalue weighted by Gasteiger charge is 2.49. The Morgan fingerprint density at radius 1 is 1.19 bits per heavy atom. The summed E-state index contributed by atoms with van der Waals surface area (Å²) in [6, 6.07) is 8.38. The first-order chi connectivity index (χ1) is 9.92. The fraction of sp³-hybridized carbons (Fsp3) is 0.588. The van der Waals surface area contributed by atoms with Crippen molar-refractivity contribution in [1.29, 1.82) is 0 Å². The number of ether oxygens (including phenoxy) is 2. The molecule has 1 unspecified atom stereocenters. The van der Waals surface area contributed by atoms with Crippen LogP contribution in [-0.2, 0) is 9.47 Å². The highest BCUT2D eigenvalue weighted by atomic mass is 16.6. The third-order valence-electron chi connectivity index (χ3n) is 4.29. The topological polar surface area (TPSA) is 38.8 Å². The number of benzene rings is 1. The van der Waals surface area contributed by atoms with Gasteiger partial charge in [-0.3, -0.25) is 4.90 Å². The highest BCUT2D eigenvalue weighted by Crippen LogP contribution is 2.51. The van der Waals surface area contributed by atoms with Gasteiger partial charge in [-0.05, 0) is 44.7 Å². The molecule has 3 rings (SSSR count). The van der Waals surface area contributed by atoms with E-state index in [0.717, 1.165) is 12.8 Å². The van der Waals surface area contributed by atoms with Crippen LogP contribution in [0.4, 0.5) is 4.79 Å². The summed E-state index contributed by atoms with van der Waals surface area (Å²) in [7, 11) is 1.72. The van der Waals surface area contributed by atoms with Crippen LogP contribution in [0.15, 0.2) is 24.3 Å². The Kier molecular flexibility index (Phi) is 3.44. The Labute approximate surface area is 126 Å². The molecule has 0 N–H and O–H groups in total. The van der Waals surface area contributed by atoms with Crippen LogP contribution in [0, 0.1) is 0 Å². The number of methoxy groups -OCH3 is 1. The quantitative estimate of drug-likeness (QED) is 0.788. The average Bonchev–Trinajstić information content (AvgIpc) is 2.66. The molecular formula is C17H23NO3. The molecule has 4 heteroatoms. The average molecular weight is 289 g/mol. The molecule has 1 aromatic carbocycles. The molecule has 1 amide bonds. The van der Waals surface area contributed by atoms with Crippen molar-refractivity contribution >= 4 is 6.09 Å². The van der Waals surface area contributed by atoms with Crippen LogP contribution in [0.2, 0.25) is 0 Å². The fourth-order valence-electron chi connectivity index (χ4n) is 3.53. The van der Waals surface area contributed by atoms with Gasteiger partial charge in [0.15, 0.2) is 0 Å². The van der Waals surface area contributed by atoms with Crippen LogP contribution >= 0.6 is 0 Å². The van der Waals surface area contributed by atoms with Crippen LogP contribution in [0.5, 0.6) is 0 Å². The normalized spacial score (nSPS) is 27.4. The lowest BCUT2D eigenvalue weighted by atomic mass is 9.98. The van der Waals surface area contributed by atoms with E-state index < -0.39 is 5.60 Å². The van der Waals surface area contributed by atoms with Gasteiger partial charge >= 0.3 is 6.09 Å². The molecule has 2 aliphatic heterocycles. The van der Waals surface area contributed by atoms with Crippen LogP contribution in [0.3, 0.4) is 0 Å². The maximum Gasteiger partial charge on any atom is 0.411 e. The summed E-state index contributed by atoms with van der Waals surface area (Å²) in [4.78, 5) is 14.5. The molecule has 114 valence electrons. The molecule has 21 heavy (non-hydrogen) atoms. The van der Waals surface area contributed by atoms with Gasteiger partial charge in [0, 0.05) is 7.11 Å². The molecule has 0 aromatic heterocycles. The monoisotopic (exact) mass is 289 g/mol. The summed E-state index contributed by atoms with van der Waals surface area (Å²) in [6.07, 6.45) is 1.69. The lowest BCUT2D eigenvalue weighted by molar-refractivity contribution is -0.0483. The highest BCUT2D eigenvalue weighted by molar-refractivity contribution is 5.72. The van der Waals surface area contributed by atoms with E-state index in [2.05, 4.69) is 12.1 Å². The maximum atomic E-state index is 12.7. The van der Waals surface area contributed by atoms with Crippen LogP contribution in [0.25, 0.3) is 0 Å². The number of fused-ring (bicyclic) bond motifs is 5. The van der Waals surface area contributed by atoms with Gasteiger partial charge in [-0.2, -0.15) is 0 Å². The lowest BCUT2D eigenvalue weighted by Crippen LogP contribution is -2.45. The van der Waals surface area contributed by atoms with E-state index in [1.54, 1.807) is 7.11 Å². The van der Waals surface area contributed by atoms with E-state index in [1.165, 1.54) is 11.1 Å². The Morgan fingerprint density at radius 3 is 2.48 bits per heavy atom. The first-order valence-electron chi connectivity index (χ1n) is 7.55. The second kappa shape index (κ2) is 5.02. The predicted octanol–water partition coefficient (Wildman–Crippen LogP) is 3.83. The second-order valence-electron chi connectivity index (χ2n) is 6.83. The van der Waals surface area contributed by atoms with Gasteiger partial charge in [0.25, 0.3) is 0 Å². The zero-order valence-electron chi connectivity index (χ0n) is 13.1. The smallest absolute Gasteiger partial charge is 0.411 e. The maximum absolute atomic E-state index is 12.7. The Bertz CT molecular complexity index is 549. The van der Waals surface area contributed by atoms with Crippen LogP contribution in [0.1, 0.15) is 56.8 Å². The fourth-order valence-corrected chi connectivity index (χ4v) is 3.53. The molecule has 0 aliphatic carbocycles. The summed E-state index contributed by atoms with van der Waals surface area (Å²) >= 11 is 0. The predicted molar refractivity (Wildman–Crippen MR) is 80.0 cm³/mol. The molecule has 1 saturated heterocycles. The number of carbonyl (C=O) groups is 1. The number of hydrogen-bond donors (Lipinski definition) is 0. The van der Waals surface area contributed by atoms with Gasteiger partial charge in [-0.25, -0.2) is 4.79 Å². The number of nitrogens with zero attached hydrogens (tertiary/aromatic N) is 1. The zero-order chi connectivity index (χ0) is 15.2. The van der Waals surface area contributed by atoms with Crippen molar-refractivity contribution in [3.63, 3.8) is 0 Å². The molecule has 1 aromatic rings. The number of rotatable bonds is 1. The molecule has 2 bridgehead atoms. The zero-order valence-corrected chi connectivity index (χ0v) is 13.1. The number of piperidine rings is 1. The third kappa shape index (κ3) is 2.42. The minimum atomic E-state index is -0.483. The van der Waals surface area contributed by atoms with E-state index in [9.17, 15) is 4.79 Å².